The number of ether oxygens (including phenoxy) is 1. The standard InChI is InChI=1S/C17H27NO/c1-12(2)14-10-9-13(3)11-17(14)19-16-8-6-5-7-15(16)18-4/h9-12,15-16,18H,5-8H2,1-4H3. The van der Waals surface area contributed by atoms with Crippen LogP contribution in [0.15, 0.2) is 18.2 Å². The second-order valence-corrected chi connectivity index (χ2v) is 6.03. The number of likely N-dealkylation sites (N-methyl/N-ethyl adjacent to an activating group) is 1. The Kier molecular flexibility index (Phi) is 4.87. The molecule has 1 aliphatic rings. The van der Waals surface area contributed by atoms with Crippen LogP contribution in [0.1, 0.15) is 56.6 Å². The molecule has 1 aliphatic carbocycles. The molecule has 2 heteroatoms. The zero-order valence-electron chi connectivity index (χ0n) is 12.7. The van der Waals surface area contributed by atoms with Crippen molar-refractivity contribution in [3.05, 3.63) is 29.3 Å². The SMILES string of the molecule is CNC1CCCCC1Oc1cc(C)ccc1C(C)C. The smallest absolute Gasteiger partial charge is 0.123 e. The van der Waals surface area contributed by atoms with Gasteiger partial charge in [0.1, 0.15) is 11.9 Å². The summed E-state index contributed by atoms with van der Waals surface area (Å²) in [6.45, 7) is 6.59. The maximum atomic E-state index is 6.37. The third-order valence-corrected chi connectivity index (χ3v) is 4.14. The Morgan fingerprint density at radius 2 is 1.95 bits per heavy atom. The van der Waals surface area contributed by atoms with E-state index in [2.05, 4.69) is 44.3 Å². The van der Waals surface area contributed by atoms with Gasteiger partial charge in [0.15, 0.2) is 0 Å². The summed E-state index contributed by atoms with van der Waals surface area (Å²) in [5, 5.41) is 3.41. The molecule has 0 aliphatic heterocycles. The summed E-state index contributed by atoms with van der Waals surface area (Å²) in [5.41, 5.74) is 2.60. The lowest BCUT2D eigenvalue weighted by atomic mass is 9.92. The van der Waals surface area contributed by atoms with E-state index in [0.29, 0.717) is 18.1 Å². The Morgan fingerprint density at radius 1 is 1.21 bits per heavy atom. The van der Waals surface area contributed by atoms with E-state index in [1.807, 2.05) is 7.05 Å². The van der Waals surface area contributed by atoms with Crippen LogP contribution in [0.3, 0.4) is 0 Å². The fourth-order valence-electron chi connectivity index (χ4n) is 2.95. The maximum Gasteiger partial charge on any atom is 0.123 e. The van der Waals surface area contributed by atoms with E-state index in [1.54, 1.807) is 0 Å². The van der Waals surface area contributed by atoms with E-state index in [0.717, 1.165) is 12.2 Å². The summed E-state index contributed by atoms with van der Waals surface area (Å²) in [5.74, 6) is 1.59. The summed E-state index contributed by atoms with van der Waals surface area (Å²) in [4.78, 5) is 0. The van der Waals surface area contributed by atoms with Gasteiger partial charge in [0.2, 0.25) is 0 Å². The summed E-state index contributed by atoms with van der Waals surface area (Å²) < 4.78 is 6.37. The van der Waals surface area contributed by atoms with Gasteiger partial charge in [-0.25, -0.2) is 0 Å². The molecule has 0 heterocycles. The van der Waals surface area contributed by atoms with Crippen LogP contribution in [-0.2, 0) is 0 Å². The molecule has 1 N–H and O–H groups in total. The van der Waals surface area contributed by atoms with Crippen molar-refractivity contribution < 1.29 is 4.74 Å². The molecule has 0 saturated heterocycles. The van der Waals surface area contributed by atoms with Crippen molar-refractivity contribution in [3.8, 4) is 5.75 Å². The van der Waals surface area contributed by atoms with Gasteiger partial charge in [0.05, 0.1) is 0 Å². The molecule has 2 unspecified atom stereocenters. The second-order valence-electron chi connectivity index (χ2n) is 6.03. The highest BCUT2D eigenvalue weighted by atomic mass is 16.5. The number of hydrogen-bond acceptors (Lipinski definition) is 2. The number of hydrogen-bond donors (Lipinski definition) is 1. The first-order chi connectivity index (χ1) is 9.11. The monoisotopic (exact) mass is 261 g/mol. The first kappa shape index (κ1) is 14.4. The third kappa shape index (κ3) is 3.50. The van der Waals surface area contributed by atoms with Crippen molar-refractivity contribution >= 4 is 0 Å². The maximum absolute atomic E-state index is 6.37. The summed E-state index contributed by atoms with van der Waals surface area (Å²) >= 11 is 0. The molecule has 19 heavy (non-hydrogen) atoms. The van der Waals surface area contributed by atoms with E-state index in [-0.39, 0.29) is 0 Å². The molecule has 0 spiro atoms. The van der Waals surface area contributed by atoms with Gasteiger partial charge in [-0.2, -0.15) is 0 Å². The highest BCUT2D eigenvalue weighted by molar-refractivity contribution is 5.39. The fourth-order valence-corrected chi connectivity index (χ4v) is 2.95. The molecule has 0 bridgehead atoms. The van der Waals surface area contributed by atoms with Crippen LogP contribution < -0.4 is 10.1 Å². The number of nitrogens with one attached hydrogen (secondary N) is 1. The fraction of sp³-hybridized carbons (Fsp3) is 0.647. The van der Waals surface area contributed by atoms with Crippen molar-refractivity contribution in [1.82, 2.24) is 5.32 Å². The van der Waals surface area contributed by atoms with Crippen LogP contribution in [0.2, 0.25) is 0 Å². The van der Waals surface area contributed by atoms with Gasteiger partial charge in [0, 0.05) is 6.04 Å². The van der Waals surface area contributed by atoms with Crippen LogP contribution >= 0.6 is 0 Å². The van der Waals surface area contributed by atoms with E-state index in [9.17, 15) is 0 Å². The van der Waals surface area contributed by atoms with Crippen molar-refractivity contribution in [2.75, 3.05) is 7.05 Å². The molecule has 2 atom stereocenters. The molecule has 1 fully saturated rings. The Morgan fingerprint density at radius 3 is 2.63 bits per heavy atom. The highest BCUT2D eigenvalue weighted by Gasteiger charge is 2.26. The van der Waals surface area contributed by atoms with Gasteiger partial charge >= 0.3 is 0 Å². The second kappa shape index (κ2) is 6.42. The third-order valence-electron chi connectivity index (χ3n) is 4.14. The van der Waals surface area contributed by atoms with Crippen molar-refractivity contribution in [2.24, 2.45) is 0 Å². The summed E-state index contributed by atoms with van der Waals surface area (Å²) in [6, 6.07) is 7.08. The number of aryl methyl sites for hydroxylation is 1. The van der Waals surface area contributed by atoms with Gasteiger partial charge in [-0.3, -0.25) is 0 Å². The minimum atomic E-state index is 0.318. The molecule has 1 aromatic rings. The summed E-state index contributed by atoms with van der Waals surface area (Å²) in [7, 11) is 2.05. The van der Waals surface area contributed by atoms with Crippen LogP contribution in [0.4, 0.5) is 0 Å². The molecular formula is C17H27NO. The lowest BCUT2D eigenvalue weighted by molar-refractivity contribution is 0.116. The van der Waals surface area contributed by atoms with Crippen molar-refractivity contribution in [3.63, 3.8) is 0 Å². The van der Waals surface area contributed by atoms with Crippen LogP contribution in [0.5, 0.6) is 5.75 Å². The van der Waals surface area contributed by atoms with Gasteiger partial charge in [0.25, 0.3) is 0 Å². The zero-order valence-corrected chi connectivity index (χ0v) is 12.7. The topological polar surface area (TPSA) is 21.3 Å². The van der Waals surface area contributed by atoms with Crippen LogP contribution in [0.25, 0.3) is 0 Å². The Hall–Kier alpha value is -1.02. The zero-order chi connectivity index (χ0) is 13.8. The van der Waals surface area contributed by atoms with Gasteiger partial charge in [-0.1, -0.05) is 32.4 Å². The Balaban J connectivity index is 2.19. The Bertz CT molecular complexity index is 414. The van der Waals surface area contributed by atoms with Crippen LogP contribution in [-0.4, -0.2) is 19.2 Å². The lowest BCUT2D eigenvalue weighted by Crippen LogP contribution is -2.43. The first-order valence-corrected chi connectivity index (χ1v) is 7.56. The predicted octanol–water partition coefficient (Wildman–Crippen LogP) is 4.03. The van der Waals surface area contributed by atoms with E-state index in [4.69, 9.17) is 4.74 Å². The molecule has 2 rings (SSSR count). The molecule has 106 valence electrons. The average molecular weight is 261 g/mol. The molecule has 1 aromatic carbocycles. The van der Waals surface area contributed by atoms with Gasteiger partial charge in [-0.05, 0) is 56.3 Å². The predicted molar refractivity (Wildman–Crippen MR) is 81.0 cm³/mol. The molecule has 2 nitrogen and oxygen atoms in total. The Labute approximate surface area is 117 Å². The number of benzene rings is 1. The first-order valence-electron chi connectivity index (χ1n) is 7.56. The van der Waals surface area contributed by atoms with Crippen molar-refractivity contribution in [2.45, 2.75) is 64.5 Å². The summed E-state index contributed by atoms with van der Waals surface area (Å²) in [6.07, 6.45) is 5.31. The largest absolute Gasteiger partial charge is 0.489 e. The van der Waals surface area contributed by atoms with E-state index >= 15 is 0 Å². The molecule has 1 saturated carbocycles. The highest BCUT2D eigenvalue weighted by Crippen LogP contribution is 2.31. The van der Waals surface area contributed by atoms with Gasteiger partial charge in [-0.15, -0.1) is 0 Å². The quantitative estimate of drug-likeness (QED) is 0.883. The van der Waals surface area contributed by atoms with E-state index < -0.39 is 0 Å². The lowest BCUT2D eigenvalue weighted by Gasteiger charge is -2.32. The number of rotatable bonds is 4. The molecular weight excluding hydrogens is 234 g/mol. The molecule has 0 aromatic heterocycles. The average Bonchev–Trinajstić information content (AvgIpc) is 2.39. The van der Waals surface area contributed by atoms with Crippen LogP contribution in [0, 0.1) is 6.92 Å². The van der Waals surface area contributed by atoms with Crippen molar-refractivity contribution in [1.29, 1.82) is 0 Å². The molecule has 0 radical (unpaired) electrons. The van der Waals surface area contributed by atoms with Gasteiger partial charge < -0.3 is 10.1 Å². The minimum Gasteiger partial charge on any atom is -0.489 e. The normalized spacial score (nSPS) is 23.6. The van der Waals surface area contributed by atoms with E-state index in [1.165, 1.54) is 30.4 Å². The molecule has 0 amide bonds. The minimum absolute atomic E-state index is 0.318.